The molecule has 1 fully saturated rings. The number of hydrogen-bond donors (Lipinski definition) is 0. The van der Waals surface area contributed by atoms with Crippen molar-refractivity contribution in [2.24, 2.45) is 0 Å². The highest BCUT2D eigenvalue weighted by Crippen LogP contribution is 2.22. The molecule has 0 N–H and O–H groups in total. The van der Waals surface area contributed by atoms with Crippen molar-refractivity contribution in [3.05, 3.63) is 47.6 Å². The Morgan fingerprint density at radius 1 is 1.15 bits per heavy atom. The minimum Gasteiger partial charge on any atom is -0.312 e. The molecule has 146 valence electrons. The van der Waals surface area contributed by atoms with Crippen molar-refractivity contribution >= 4 is 33.0 Å². The van der Waals surface area contributed by atoms with Crippen LogP contribution in [0.1, 0.15) is 6.92 Å². The van der Waals surface area contributed by atoms with Gasteiger partial charge >= 0.3 is 0 Å². The third kappa shape index (κ3) is 4.55. The number of rotatable bonds is 6. The third-order valence-corrected chi connectivity index (χ3v) is 7.81. The van der Waals surface area contributed by atoms with E-state index in [2.05, 4.69) is 0 Å². The molecular weight excluding hydrogens is 389 g/mol. The minimum absolute atomic E-state index is 0.0846. The van der Waals surface area contributed by atoms with Crippen molar-refractivity contribution < 1.29 is 17.6 Å². The first-order chi connectivity index (χ1) is 12.9. The molecule has 1 amide bonds. The fraction of sp³-hybridized carbons (Fsp3) is 0.389. The molecule has 0 spiro atoms. The highest BCUT2D eigenvalue weighted by atomic mass is 32.2. The Morgan fingerprint density at radius 3 is 2.37 bits per heavy atom. The summed E-state index contributed by atoms with van der Waals surface area (Å²) < 4.78 is 40.0. The summed E-state index contributed by atoms with van der Waals surface area (Å²) in [5.74, 6) is -0.427. The number of anilines is 1. The zero-order chi connectivity index (χ0) is 19.4. The number of likely N-dealkylation sites (N-methyl/N-ethyl adjacent to an activating group) is 1. The average Bonchev–Trinajstić information content (AvgIpc) is 3.20. The number of amides is 1. The second kappa shape index (κ2) is 8.47. The lowest BCUT2D eigenvalue weighted by molar-refractivity contribution is -0.120. The molecule has 0 saturated carbocycles. The number of carbonyl (C=O) groups excluding carboxylic acids is 1. The van der Waals surface area contributed by atoms with Crippen LogP contribution < -0.4 is 4.90 Å². The first-order valence-electron chi connectivity index (χ1n) is 8.73. The topological polar surface area (TPSA) is 60.9 Å². The molecule has 0 unspecified atom stereocenters. The molecule has 0 bridgehead atoms. The summed E-state index contributed by atoms with van der Waals surface area (Å²) in [4.78, 5) is 16.2. The summed E-state index contributed by atoms with van der Waals surface area (Å²) in [5, 5.41) is 1.75. The number of thiophene rings is 1. The standard InChI is InChI=1S/C18H22FN3O3S2/c1-2-22(16-7-5-15(19)6-8-16)17(23)14-20-9-11-21(12-10-20)27(24,25)18-4-3-13-26-18/h3-8,13H,2,9-12,14H2,1H3. The molecule has 2 heterocycles. The van der Waals surface area contributed by atoms with Gasteiger partial charge in [0.25, 0.3) is 10.0 Å². The highest BCUT2D eigenvalue weighted by Gasteiger charge is 2.30. The first-order valence-corrected chi connectivity index (χ1v) is 11.1. The summed E-state index contributed by atoms with van der Waals surface area (Å²) in [6.45, 7) is 4.27. The zero-order valence-corrected chi connectivity index (χ0v) is 16.7. The van der Waals surface area contributed by atoms with Crippen LogP contribution in [0.5, 0.6) is 0 Å². The Kier molecular flexibility index (Phi) is 6.25. The van der Waals surface area contributed by atoms with E-state index >= 15 is 0 Å². The third-order valence-electron chi connectivity index (χ3n) is 4.53. The molecule has 2 aromatic rings. The smallest absolute Gasteiger partial charge is 0.252 e. The number of halogens is 1. The fourth-order valence-electron chi connectivity index (χ4n) is 3.07. The van der Waals surface area contributed by atoms with Crippen molar-refractivity contribution in [1.82, 2.24) is 9.21 Å². The maximum absolute atomic E-state index is 13.1. The van der Waals surface area contributed by atoms with Crippen LogP contribution in [-0.4, -0.2) is 62.8 Å². The molecule has 1 aromatic heterocycles. The molecule has 1 aliphatic rings. The van der Waals surface area contributed by atoms with Gasteiger partial charge in [-0.3, -0.25) is 9.69 Å². The van der Waals surface area contributed by atoms with Gasteiger partial charge in [0, 0.05) is 38.4 Å². The molecular formula is C18H22FN3O3S2. The van der Waals surface area contributed by atoms with Crippen LogP contribution in [0.15, 0.2) is 46.0 Å². The number of sulfonamides is 1. The maximum Gasteiger partial charge on any atom is 0.252 e. The van der Waals surface area contributed by atoms with Crippen molar-refractivity contribution in [2.75, 3.05) is 44.2 Å². The van der Waals surface area contributed by atoms with Gasteiger partial charge in [-0.2, -0.15) is 4.31 Å². The van der Waals surface area contributed by atoms with Crippen LogP contribution in [0.25, 0.3) is 0 Å². The molecule has 9 heteroatoms. The van der Waals surface area contributed by atoms with Crippen LogP contribution >= 0.6 is 11.3 Å². The summed E-state index contributed by atoms with van der Waals surface area (Å²) in [5.41, 5.74) is 0.655. The predicted octanol–water partition coefficient (Wildman–Crippen LogP) is 2.25. The molecule has 1 saturated heterocycles. The van der Waals surface area contributed by atoms with Crippen LogP contribution in [0.4, 0.5) is 10.1 Å². The molecule has 0 atom stereocenters. The molecule has 0 radical (unpaired) electrons. The summed E-state index contributed by atoms with van der Waals surface area (Å²) in [6.07, 6.45) is 0. The molecule has 1 aliphatic heterocycles. The predicted molar refractivity (Wildman–Crippen MR) is 104 cm³/mol. The number of hydrogen-bond acceptors (Lipinski definition) is 5. The lowest BCUT2D eigenvalue weighted by Crippen LogP contribution is -2.51. The average molecular weight is 412 g/mol. The van der Waals surface area contributed by atoms with Crippen molar-refractivity contribution in [3.8, 4) is 0 Å². The van der Waals surface area contributed by atoms with Crippen molar-refractivity contribution in [3.63, 3.8) is 0 Å². The van der Waals surface area contributed by atoms with E-state index in [0.717, 1.165) is 0 Å². The lowest BCUT2D eigenvalue weighted by Gasteiger charge is -2.34. The molecule has 6 nitrogen and oxygen atoms in total. The molecule has 27 heavy (non-hydrogen) atoms. The zero-order valence-electron chi connectivity index (χ0n) is 15.0. The van der Waals surface area contributed by atoms with Gasteiger partial charge in [0.2, 0.25) is 5.91 Å². The van der Waals surface area contributed by atoms with Crippen LogP contribution in [0.2, 0.25) is 0 Å². The normalized spacial score (nSPS) is 16.4. The van der Waals surface area contributed by atoms with Gasteiger partial charge < -0.3 is 4.90 Å². The Balaban J connectivity index is 1.58. The van der Waals surface area contributed by atoms with E-state index in [1.807, 2.05) is 11.8 Å². The summed E-state index contributed by atoms with van der Waals surface area (Å²) in [7, 11) is -3.44. The number of piperazine rings is 1. The van der Waals surface area contributed by atoms with Crippen LogP contribution in [0.3, 0.4) is 0 Å². The van der Waals surface area contributed by atoms with E-state index in [9.17, 15) is 17.6 Å². The monoisotopic (exact) mass is 411 g/mol. The van der Waals surface area contributed by atoms with Gasteiger partial charge in [-0.1, -0.05) is 6.07 Å². The van der Waals surface area contributed by atoms with Gasteiger partial charge in [-0.25, -0.2) is 12.8 Å². The van der Waals surface area contributed by atoms with Crippen LogP contribution in [0, 0.1) is 5.82 Å². The van der Waals surface area contributed by atoms with Gasteiger partial charge in [-0.15, -0.1) is 11.3 Å². The molecule has 3 rings (SSSR count). The Morgan fingerprint density at radius 2 is 1.81 bits per heavy atom. The van der Waals surface area contributed by atoms with E-state index in [1.54, 1.807) is 34.5 Å². The minimum atomic E-state index is -3.44. The largest absolute Gasteiger partial charge is 0.312 e. The Bertz CT molecular complexity index is 862. The van der Waals surface area contributed by atoms with Gasteiger partial charge in [-0.05, 0) is 42.6 Å². The Hall–Kier alpha value is -1.81. The number of carbonyl (C=O) groups is 1. The van der Waals surface area contributed by atoms with E-state index in [4.69, 9.17) is 0 Å². The fourth-order valence-corrected chi connectivity index (χ4v) is 5.63. The van der Waals surface area contributed by atoms with Crippen molar-refractivity contribution in [1.29, 1.82) is 0 Å². The number of benzene rings is 1. The number of nitrogens with zero attached hydrogens (tertiary/aromatic N) is 3. The summed E-state index contributed by atoms with van der Waals surface area (Å²) >= 11 is 1.21. The summed E-state index contributed by atoms with van der Waals surface area (Å²) in [6, 6.07) is 9.17. The maximum atomic E-state index is 13.1. The SMILES string of the molecule is CCN(C(=O)CN1CCN(S(=O)(=O)c2cccs2)CC1)c1ccc(F)cc1. The van der Waals surface area contributed by atoms with Gasteiger partial charge in [0.05, 0.1) is 6.54 Å². The van der Waals surface area contributed by atoms with Crippen LogP contribution in [-0.2, 0) is 14.8 Å². The molecule has 0 aliphatic carbocycles. The van der Waals surface area contributed by atoms with Gasteiger partial charge in [0.15, 0.2) is 0 Å². The second-order valence-corrected chi connectivity index (χ2v) is 9.34. The Labute approximate surface area is 162 Å². The van der Waals surface area contributed by atoms with E-state index in [1.165, 1.54) is 27.8 Å². The highest BCUT2D eigenvalue weighted by molar-refractivity contribution is 7.91. The quantitative estimate of drug-likeness (QED) is 0.732. The van der Waals surface area contributed by atoms with E-state index < -0.39 is 10.0 Å². The van der Waals surface area contributed by atoms with E-state index in [-0.39, 0.29) is 18.3 Å². The first kappa shape index (κ1) is 19.9. The van der Waals surface area contributed by atoms with Crippen molar-refractivity contribution in [2.45, 2.75) is 11.1 Å². The van der Waals surface area contributed by atoms with E-state index in [0.29, 0.717) is 42.6 Å². The lowest BCUT2D eigenvalue weighted by atomic mass is 10.2. The molecule has 1 aromatic carbocycles. The second-order valence-electron chi connectivity index (χ2n) is 6.23. The van der Waals surface area contributed by atoms with Gasteiger partial charge in [0.1, 0.15) is 10.0 Å².